The molecule has 28 heavy (non-hydrogen) atoms. The first-order valence-corrected chi connectivity index (χ1v) is 10.9. The molecule has 3 rings (SSSR count). The lowest BCUT2D eigenvalue weighted by atomic mass is 10.1. The number of carbonyl (C=O) groups excluding carboxylic acids is 1. The summed E-state index contributed by atoms with van der Waals surface area (Å²) in [5.41, 5.74) is 1.37. The molecule has 0 atom stereocenters. The van der Waals surface area contributed by atoms with Crippen molar-refractivity contribution < 1.29 is 17.9 Å². The molecule has 7 nitrogen and oxygen atoms in total. The van der Waals surface area contributed by atoms with Gasteiger partial charge in [0.1, 0.15) is 5.75 Å². The Kier molecular flexibility index (Phi) is 6.27. The molecule has 0 spiro atoms. The average molecular weight is 418 g/mol. The Morgan fingerprint density at radius 2 is 1.82 bits per heavy atom. The van der Waals surface area contributed by atoms with Crippen molar-refractivity contribution in [3.05, 3.63) is 65.7 Å². The fourth-order valence-electron chi connectivity index (χ4n) is 2.43. The zero-order valence-electron chi connectivity index (χ0n) is 15.1. The van der Waals surface area contributed by atoms with E-state index < -0.39 is 10.0 Å². The molecule has 2 aromatic carbocycles. The minimum absolute atomic E-state index is 0.0900. The molecule has 3 aromatic rings. The van der Waals surface area contributed by atoms with E-state index in [2.05, 4.69) is 15.0 Å². The number of hydrogen-bond acceptors (Lipinski definition) is 6. The number of nitrogens with one attached hydrogen (secondary N) is 2. The summed E-state index contributed by atoms with van der Waals surface area (Å²) in [5, 5.41) is 4.74. The van der Waals surface area contributed by atoms with Gasteiger partial charge in [-0.3, -0.25) is 9.52 Å². The zero-order chi connectivity index (χ0) is 20.0. The van der Waals surface area contributed by atoms with Crippen LogP contribution < -0.4 is 14.8 Å². The van der Waals surface area contributed by atoms with Crippen molar-refractivity contribution in [1.29, 1.82) is 0 Å². The number of thiazole rings is 1. The fourth-order valence-corrected chi connectivity index (χ4v) is 4.21. The number of aromatic nitrogens is 1. The summed E-state index contributed by atoms with van der Waals surface area (Å²) in [6.45, 7) is 2.50. The quantitative estimate of drug-likeness (QED) is 0.584. The first-order chi connectivity index (χ1) is 13.5. The Morgan fingerprint density at radius 3 is 2.43 bits per heavy atom. The van der Waals surface area contributed by atoms with Crippen LogP contribution in [0.25, 0.3) is 0 Å². The molecule has 0 unspecified atom stereocenters. The normalized spacial score (nSPS) is 11.0. The number of rotatable bonds is 8. The summed E-state index contributed by atoms with van der Waals surface area (Å²) < 4.78 is 32.4. The smallest absolute Gasteiger partial charge is 0.263 e. The molecule has 0 aliphatic rings. The SMILES string of the molecule is CCOc1ccc(CC(=O)Nc2ccc(S(=O)(=O)Nc3nccs3)cc2)cc1. The van der Waals surface area contributed by atoms with Crippen LogP contribution in [0.1, 0.15) is 12.5 Å². The van der Waals surface area contributed by atoms with Crippen LogP contribution in [0.3, 0.4) is 0 Å². The van der Waals surface area contributed by atoms with Crippen molar-refractivity contribution in [1.82, 2.24) is 4.98 Å². The molecule has 146 valence electrons. The van der Waals surface area contributed by atoms with Gasteiger partial charge < -0.3 is 10.1 Å². The van der Waals surface area contributed by atoms with Crippen LogP contribution in [0.5, 0.6) is 5.75 Å². The Hall–Kier alpha value is -2.91. The van der Waals surface area contributed by atoms with E-state index in [0.29, 0.717) is 17.4 Å². The van der Waals surface area contributed by atoms with Gasteiger partial charge in [0.25, 0.3) is 10.0 Å². The summed E-state index contributed by atoms with van der Waals surface area (Å²) >= 11 is 1.19. The molecule has 1 heterocycles. The topological polar surface area (TPSA) is 97.4 Å². The maximum atomic E-state index is 12.3. The Bertz CT molecular complexity index is 1020. The lowest BCUT2D eigenvalue weighted by Gasteiger charge is -2.08. The zero-order valence-corrected chi connectivity index (χ0v) is 16.7. The van der Waals surface area contributed by atoms with Gasteiger partial charge in [-0.1, -0.05) is 12.1 Å². The van der Waals surface area contributed by atoms with Gasteiger partial charge in [-0.15, -0.1) is 11.3 Å². The first-order valence-electron chi connectivity index (χ1n) is 8.50. The summed E-state index contributed by atoms with van der Waals surface area (Å²) in [5.74, 6) is 0.565. The van der Waals surface area contributed by atoms with Crippen molar-refractivity contribution in [3.63, 3.8) is 0 Å². The van der Waals surface area contributed by atoms with E-state index in [0.717, 1.165) is 11.3 Å². The average Bonchev–Trinajstić information content (AvgIpc) is 3.16. The largest absolute Gasteiger partial charge is 0.494 e. The second-order valence-electron chi connectivity index (χ2n) is 5.77. The first kappa shape index (κ1) is 19.8. The van der Waals surface area contributed by atoms with Crippen molar-refractivity contribution >= 4 is 38.1 Å². The third-order valence-electron chi connectivity index (χ3n) is 3.70. The second-order valence-corrected chi connectivity index (χ2v) is 8.35. The van der Waals surface area contributed by atoms with Gasteiger partial charge in [0.2, 0.25) is 5.91 Å². The Labute approximate surface area is 167 Å². The van der Waals surface area contributed by atoms with Crippen molar-refractivity contribution in [3.8, 4) is 5.75 Å². The maximum Gasteiger partial charge on any atom is 0.263 e. The Balaban J connectivity index is 1.59. The van der Waals surface area contributed by atoms with Gasteiger partial charge in [0.05, 0.1) is 17.9 Å². The van der Waals surface area contributed by atoms with E-state index in [1.807, 2.05) is 31.2 Å². The van der Waals surface area contributed by atoms with E-state index >= 15 is 0 Å². The van der Waals surface area contributed by atoms with Gasteiger partial charge in [-0.05, 0) is 48.9 Å². The van der Waals surface area contributed by atoms with Crippen LogP contribution in [0.2, 0.25) is 0 Å². The summed E-state index contributed by atoms with van der Waals surface area (Å²) in [6, 6.07) is 13.3. The second kappa shape index (κ2) is 8.85. The van der Waals surface area contributed by atoms with Crippen LogP contribution in [-0.4, -0.2) is 25.9 Å². The highest BCUT2D eigenvalue weighted by Crippen LogP contribution is 2.20. The number of benzene rings is 2. The van der Waals surface area contributed by atoms with E-state index in [4.69, 9.17) is 4.74 Å². The number of sulfonamides is 1. The molecule has 1 aromatic heterocycles. The molecule has 0 bridgehead atoms. The van der Waals surface area contributed by atoms with Gasteiger partial charge in [0, 0.05) is 17.3 Å². The predicted octanol–water partition coefficient (Wildman–Crippen LogP) is 3.52. The fraction of sp³-hybridized carbons (Fsp3) is 0.158. The molecule has 0 radical (unpaired) electrons. The Morgan fingerprint density at radius 1 is 1.11 bits per heavy atom. The van der Waals surface area contributed by atoms with Crippen LogP contribution in [0, 0.1) is 0 Å². The van der Waals surface area contributed by atoms with Crippen molar-refractivity contribution in [2.75, 3.05) is 16.6 Å². The number of ether oxygens (including phenoxy) is 1. The predicted molar refractivity (Wildman–Crippen MR) is 109 cm³/mol. The van der Waals surface area contributed by atoms with Crippen molar-refractivity contribution in [2.45, 2.75) is 18.2 Å². The highest BCUT2D eigenvalue weighted by molar-refractivity contribution is 7.93. The molecule has 2 N–H and O–H groups in total. The number of carbonyl (C=O) groups is 1. The van der Waals surface area contributed by atoms with Gasteiger partial charge in [-0.25, -0.2) is 13.4 Å². The van der Waals surface area contributed by atoms with Gasteiger partial charge >= 0.3 is 0 Å². The summed E-state index contributed by atoms with van der Waals surface area (Å²) in [6.07, 6.45) is 1.73. The van der Waals surface area contributed by atoms with Crippen LogP contribution in [-0.2, 0) is 21.2 Å². The minimum atomic E-state index is -3.71. The lowest BCUT2D eigenvalue weighted by molar-refractivity contribution is -0.115. The molecule has 1 amide bonds. The highest BCUT2D eigenvalue weighted by atomic mass is 32.2. The van der Waals surface area contributed by atoms with E-state index in [1.165, 1.54) is 29.7 Å². The molecule has 0 fully saturated rings. The monoisotopic (exact) mass is 417 g/mol. The van der Waals surface area contributed by atoms with Gasteiger partial charge in [0.15, 0.2) is 5.13 Å². The number of hydrogen-bond donors (Lipinski definition) is 2. The minimum Gasteiger partial charge on any atom is -0.494 e. The van der Waals surface area contributed by atoms with Crippen LogP contribution in [0.4, 0.5) is 10.8 Å². The van der Waals surface area contributed by atoms with Crippen molar-refractivity contribution in [2.24, 2.45) is 0 Å². The molecule has 0 saturated carbocycles. The summed E-state index contributed by atoms with van der Waals surface area (Å²) in [4.78, 5) is 16.2. The third kappa shape index (κ3) is 5.30. The number of amides is 1. The lowest BCUT2D eigenvalue weighted by Crippen LogP contribution is -2.15. The third-order valence-corrected chi connectivity index (χ3v) is 5.87. The summed E-state index contributed by atoms with van der Waals surface area (Å²) in [7, 11) is -3.71. The molecular formula is C19H19N3O4S2. The maximum absolute atomic E-state index is 12.3. The highest BCUT2D eigenvalue weighted by Gasteiger charge is 2.15. The van der Waals surface area contributed by atoms with Crippen LogP contribution >= 0.6 is 11.3 Å². The van der Waals surface area contributed by atoms with E-state index in [1.54, 1.807) is 17.5 Å². The number of anilines is 2. The van der Waals surface area contributed by atoms with E-state index in [9.17, 15) is 13.2 Å². The molecule has 0 saturated heterocycles. The number of nitrogens with zero attached hydrogens (tertiary/aromatic N) is 1. The molecular weight excluding hydrogens is 398 g/mol. The molecule has 0 aliphatic heterocycles. The molecule has 9 heteroatoms. The standard InChI is InChI=1S/C19H19N3O4S2/c1-2-26-16-7-3-14(4-8-16)13-18(23)21-15-5-9-17(10-6-15)28(24,25)22-19-20-11-12-27-19/h3-12H,2,13H2,1H3,(H,20,22)(H,21,23). The van der Waals surface area contributed by atoms with Gasteiger partial charge in [-0.2, -0.15) is 0 Å². The van der Waals surface area contributed by atoms with E-state index in [-0.39, 0.29) is 17.2 Å². The van der Waals surface area contributed by atoms with Crippen LogP contribution in [0.15, 0.2) is 65.0 Å². The molecule has 0 aliphatic carbocycles.